The van der Waals surface area contributed by atoms with Crippen molar-refractivity contribution < 1.29 is 5.11 Å². The molecule has 2 aliphatic rings. The number of fused-ring (bicyclic) bond motifs is 1. The van der Waals surface area contributed by atoms with Crippen LogP contribution < -0.4 is 0 Å². The van der Waals surface area contributed by atoms with Crippen molar-refractivity contribution in [2.75, 3.05) is 0 Å². The van der Waals surface area contributed by atoms with Crippen molar-refractivity contribution in [3.8, 4) is 0 Å². The molecule has 2 heterocycles. The summed E-state index contributed by atoms with van der Waals surface area (Å²) < 4.78 is 2.27. The molecule has 1 saturated carbocycles. The lowest BCUT2D eigenvalue weighted by molar-refractivity contribution is 0.0699. The van der Waals surface area contributed by atoms with Gasteiger partial charge in [0.2, 0.25) is 0 Å². The SMILES string of the molecule is CC1=C(c2ccccc2C)C(CC(O)C2CCCCC2)n2cncc21. The van der Waals surface area contributed by atoms with Crippen LogP contribution in [0.5, 0.6) is 0 Å². The molecule has 1 aliphatic heterocycles. The van der Waals surface area contributed by atoms with Gasteiger partial charge in [0.1, 0.15) is 0 Å². The zero-order chi connectivity index (χ0) is 17.4. The van der Waals surface area contributed by atoms with E-state index in [1.54, 1.807) is 0 Å². The summed E-state index contributed by atoms with van der Waals surface area (Å²) in [4.78, 5) is 4.36. The Kier molecular flexibility index (Phi) is 4.51. The Bertz CT molecular complexity index is 783. The number of allylic oxidation sites excluding steroid dienone is 2. The maximum Gasteiger partial charge on any atom is 0.0956 e. The molecule has 25 heavy (non-hydrogen) atoms. The van der Waals surface area contributed by atoms with Gasteiger partial charge in [-0.2, -0.15) is 0 Å². The van der Waals surface area contributed by atoms with Gasteiger partial charge in [-0.15, -0.1) is 0 Å². The van der Waals surface area contributed by atoms with E-state index in [0.29, 0.717) is 5.92 Å². The Morgan fingerprint density at radius 3 is 2.68 bits per heavy atom. The van der Waals surface area contributed by atoms with Crippen LogP contribution in [0.1, 0.15) is 68.3 Å². The van der Waals surface area contributed by atoms with E-state index in [-0.39, 0.29) is 12.1 Å². The van der Waals surface area contributed by atoms with Crippen LogP contribution in [0.2, 0.25) is 0 Å². The first-order valence-corrected chi connectivity index (χ1v) is 9.64. The maximum atomic E-state index is 11.0. The Balaban J connectivity index is 1.68. The normalized spacial score (nSPS) is 22.3. The average molecular weight is 336 g/mol. The van der Waals surface area contributed by atoms with Crippen LogP contribution >= 0.6 is 0 Å². The molecule has 0 saturated heterocycles. The molecule has 3 heteroatoms. The molecule has 132 valence electrons. The fraction of sp³-hybridized carbons (Fsp3) is 0.500. The summed E-state index contributed by atoms with van der Waals surface area (Å²) in [6, 6.07) is 8.79. The second-order valence-electron chi connectivity index (χ2n) is 7.76. The summed E-state index contributed by atoms with van der Waals surface area (Å²) in [5.74, 6) is 0.458. The van der Waals surface area contributed by atoms with Gasteiger partial charge in [-0.25, -0.2) is 4.98 Å². The number of aromatic nitrogens is 2. The summed E-state index contributed by atoms with van der Waals surface area (Å²) in [7, 11) is 0. The largest absolute Gasteiger partial charge is 0.393 e. The lowest BCUT2D eigenvalue weighted by Crippen LogP contribution is -2.26. The fourth-order valence-corrected chi connectivity index (χ4v) is 4.80. The highest BCUT2D eigenvalue weighted by molar-refractivity contribution is 5.94. The molecule has 1 aliphatic carbocycles. The maximum absolute atomic E-state index is 11.0. The third-order valence-electron chi connectivity index (χ3n) is 6.22. The van der Waals surface area contributed by atoms with Gasteiger partial charge in [-0.3, -0.25) is 0 Å². The molecule has 0 radical (unpaired) electrons. The molecule has 0 amide bonds. The van der Waals surface area contributed by atoms with E-state index in [2.05, 4.69) is 47.7 Å². The summed E-state index contributed by atoms with van der Waals surface area (Å²) in [5.41, 5.74) is 6.47. The first-order chi connectivity index (χ1) is 12.2. The first-order valence-electron chi connectivity index (χ1n) is 9.64. The third kappa shape index (κ3) is 2.95. The molecule has 4 rings (SSSR count). The lowest BCUT2D eigenvalue weighted by atomic mass is 9.81. The Hall–Kier alpha value is -1.87. The Morgan fingerprint density at radius 2 is 1.92 bits per heavy atom. The number of aliphatic hydroxyl groups excluding tert-OH is 1. The standard InChI is InChI=1S/C22H28N2O/c1-15-8-6-7-11-18(15)22-16(2)20-13-23-14-24(20)19(22)12-21(25)17-9-4-3-5-10-17/h6-8,11,13-14,17,19,21,25H,3-5,9-10,12H2,1-2H3. The number of nitrogens with zero attached hydrogens (tertiary/aromatic N) is 2. The quantitative estimate of drug-likeness (QED) is 0.852. The minimum Gasteiger partial charge on any atom is -0.393 e. The van der Waals surface area contributed by atoms with Gasteiger partial charge in [-0.05, 0) is 61.3 Å². The van der Waals surface area contributed by atoms with Gasteiger partial charge in [0.15, 0.2) is 0 Å². The summed E-state index contributed by atoms with van der Waals surface area (Å²) >= 11 is 0. The van der Waals surface area contributed by atoms with Gasteiger partial charge in [-0.1, -0.05) is 43.5 Å². The number of rotatable bonds is 4. The zero-order valence-corrected chi connectivity index (χ0v) is 15.3. The smallest absolute Gasteiger partial charge is 0.0956 e. The highest BCUT2D eigenvalue weighted by Crippen LogP contribution is 2.46. The molecule has 2 aromatic rings. The van der Waals surface area contributed by atoms with Gasteiger partial charge < -0.3 is 9.67 Å². The fourth-order valence-electron chi connectivity index (χ4n) is 4.80. The molecular formula is C22H28N2O. The molecule has 1 aromatic carbocycles. The molecule has 1 N–H and O–H groups in total. The monoisotopic (exact) mass is 336 g/mol. The third-order valence-corrected chi connectivity index (χ3v) is 6.22. The van der Waals surface area contributed by atoms with Gasteiger partial charge in [0.05, 0.1) is 30.4 Å². The van der Waals surface area contributed by atoms with E-state index in [0.717, 1.165) is 6.42 Å². The number of hydrogen-bond donors (Lipinski definition) is 1. The molecule has 1 fully saturated rings. The van der Waals surface area contributed by atoms with E-state index in [1.165, 1.54) is 60.1 Å². The van der Waals surface area contributed by atoms with Crippen LogP contribution in [0.3, 0.4) is 0 Å². The predicted octanol–water partition coefficient (Wildman–Crippen LogP) is 5.01. The minimum atomic E-state index is -0.231. The van der Waals surface area contributed by atoms with Crippen LogP contribution in [0.4, 0.5) is 0 Å². The highest BCUT2D eigenvalue weighted by Gasteiger charge is 2.34. The van der Waals surface area contributed by atoms with Crippen molar-refractivity contribution in [1.82, 2.24) is 9.55 Å². The number of aryl methyl sites for hydroxylation is 1. The Morgan fingerprint density at radius 1 is 1.16 bits per heavy atom. The van der Waals surface area contributed by atoms with Crippen molar-refractivity contribution >= 4 is 11.1 Å². The second kappa shape index (κ2) is 6.80. The van der Waals surface area contributed by atoms with Crippen LogP contribution in [0, 0.1) is 12.8 Å². The van der Waals surface area contributed by atoms with Crippen LogP contribution in [-0.4, -0.2) is 20.8 Å². The van der Waals surface area contributed by atoms with Crippen LogP contribution in [-0.2, 0) is 0 Å². The summed E-state index contributed by atoms with van der Waals surface area (Å²) in [5, 5.41) is 11.0. The number of hydrogen-bond acceptors (Lipinski definition) is 2. The van der Waals surface area contributed by atoms with E-state index in [1.807, 2.05) is 12.5 Å². The van der Waals surface area contributed by atoms with Crippen LogP contribution in [0.15, 0.2) is 36.8 Å². The molecule has 1 aromatic heterocycles. The van der Waals surface area contributed by atoms with E-state index >= 15 is 0 Å². The Labute approximate surface area is 150 Å². The lowest BCUT2D eigenvalue weighted by Gasteiger charge is -2.30. The van der Waals surface area contributed by atoms with E-state index in [4.69, 9.17) is 0 Å². The minimum absolute atomic E-state index is 0.190. The number of imidazole rings is 1. The molecule has 2 atom stereocenters. The molecule has 0 spiro atoms. The molecular weight excluding hydrogens is 308 g/mol. The van der Waals surface area contributed by atoms with Crippen molar-refractivity contribution in [2.24, 2.45) is 5.92 Å². The predicted molar refractivity (Wildman–Crippen MR) is 102 cm³/mol. The first kappa shape index (κ1) is 16.6. The topological polar surface area (TPSA) is 38.0 Å². The van der Waals surface area contributed by atoms with E-state index < -0.39 is 0 Å². The second-order valence-corrected chi connectivity index (χ2v) is 7.76. The van der Waals surface area contributed by atoms with Crippen molar-refractivity contribution in [3.05, 3.63) is 53.6 Å². The summed E-state index contributed by atoms with van der Waals surface area (Å²) in [6.45, 7) is 4.37. The average Bonchev–Trinajstić information content (AvgIpc) is 3.20. The summed E-state index contributed by atoms with van der Waals surface area (Å²) in [6.07, 6.45) is 10.7. The van der Waals surface area contributed by atoms with Crippen LogP contribution in [0.25, 0.3) is 11.1 Å². The van der Waals surface area contributed by atoms with Gasteiger partial charge >= 0.3 is 0 Å². The van der Waals surface area contributed by atoms with Crippen molar-refractivity contribution in [3.63, 3.8) is 0 Å². The van der Waals surface area contributed by atoms with Gasteiger partial charge in [0.25, 0.3) is 0 Å². The van der Waals surface area contributed by atoms with Crippen molar-refractivity contribution in [2.45, 2.75) is 64.5 Å². The zero-order valence-electron chi connectivity index (χ0n) is 15.3. The van der Waals surface area contributed by atoms with Gasteiger partial charge in [0, 0.05) is 0 Å². The highest BCUT2D eigenvalue weighted by atomic mass is 16.3. The van der Waals surface area contributed by atoms with E-state index in [9.17, 15) is 5.11 Å². The number of benzene rings is 1. The van der Waals surface area contributed by atoms with Crippen molar-refractivity contribution in [1.29, 1.82) is 0 Å². The molecule has 2 unspecified atom stereocenters. The number of aliphatic hydroxyl groups is 1. The molecule has 3 nitrogen and oxygen atoms in total. The molecule has 0 bridgehead atoms.